The Labute approximate surface area is 176 Å². The highest BCUT2D eigenvalue weighted by molar-refractivity contribution is 5.77. The van der Waals surface area contributed by atoms with Crippen molar-refractivity contribution in [1.82, 2.24) is 4.90 Å². The lowest BCUT2D eigenvalue weighted by atomic mass is 9.90. The summed E-state index contributed by atoms with van der Waals surface area (Å²) in [5.74, 6) is 0.868. The fraction of sp³-hybridized carbons (Fsp3) is 0.333. The molecule has 0 fully saturated rings. The van der Waals surface area contributed by atoms with Crippen LogP contribution in [0.2, 0.25) is 0 Å². The molecule has 2 aromatic rings. The number of carbonyl (C=O) groups is 1. The number of oxime groups is 1. The second kappa shape index (κ2) is 8.61. The first kappa shape index (κ1) is 20.0. The van der Waals surface area contributed by atoms with Gasteiger partial charge < -0.3 is 14.7 Å². The molecule has 1 amide bonds. The molecule has 4 rings (SSSR count). The summed E-state index contributed by atoms with van der Waals surface area (Å²) >= 11 is 0. The smallest absolute Gasteiger partial charge is 0.412 e. The minimum Gasteiger partial charge on any atom is -0.467 e. The zero-order chi connectivity index (χ0) is 21.1. The summed E-state index contributed by atoms with van der Waals surface area (Å²) in [6, 6.07) is 17.6. The number of hydrogen-bond acceptors (Lipinski definition) is 4. The molecule has 2 aliphatic heterocycles. The Balaban J connectivity index is 1.56. The molecule has 0 saturated heterocycles. The lowest BCUT2D eigenvalue weighted by Gasteiger charge is -2.40. The highest BCUT2D eigenvalue weighted by Gasteiger charge is 2.44. The second-order valence-electron chi connectivity index (χ2n) is 7.92. The lowest BCUT2D eigenvalue weighted by Crippen LogP contribution is -2.49. The quantitative estimate of drug-likeness (QED) is 0.751. The number of nitrogens with zero attached hydrogens (tertiary/aromatic N) is 2. The molecule has 30 heavy (non-hydrogen) atoms. The van der Waals surface area contributed by atoms with Gasteiger partial charge in [-0.3, -0.25) is 4.90 Å². The van der Waals surface area contributed by atoms with Gasteiger partial charge in [-0.15, -0.1) is 0 Å². The molecular formula is C24H26N2O4. The summed E-state index contributed by atoms with van der Waals surface area (Å²) in [4.78, 5) is 19.0. The van der Waals surface area contributed by atoms with E-state index in [0.717, 1.165) is 17.5 Å². The van der Waals surface area contributed by atoms with Gasteiger partial charge in [-0.05, 0) is 35.1 Å². The Kier molecular flexibility index (Phi) is 5.74. The molecule has 1 N–H and O–H groups in total. The van der Waals surface area contributed by atoms with Crippen LogP contribution in [0, 0.1) is 0 Å². The van der Waals surface area contributed by atoms with Crippen LogP contribution in [0.1, 0.15) is 48.9 Å². The van der Waals surface area contributed by atoms with Crippen LogP contribution >= 0.6 is 0 Å². The Hall–Kier alpha value is -3.28. The minimum atomic E-state index is -1.04. The van der Waals surface area contributed by atoms with Gasteiger partial charge in [0.05, 0.1) is 0 Å². The van der Waals surface area contributed by atoms with Crippen LogP contribution in [0.25, 0.3) is 0 Å². The molecule has 2 heterocycles. The standard InChI is InChI=1S/C24H26N2O4/c1-16(2)18-9-6-10-19(15-18)22-23-20(13-14-26(22)24(27)28)29-21(25-30-23)12-11-17-7-4-3-5-8-17/h3-10,13-16,20,22-23H,11-12H2,1-2H3,(H,27,28)/t20?,22-,23+/m0/s1. The van der Waals surface area contributed by atoms with Crippen LogP contribution in [0.3, 0.4) is 0 Å². The zero-order valence-electron chi connectivity index (χ0n) is 17.1. The van der Waals surface area contributed by atoms with E-state index in [0.29, 0.717) is 18.2 Å². The first-order chi connectivity index (χ1) is 14.5. The van der Waals surface area contributed by atoms with Gasteiger partial charge in [-0.2, -0.15) is 0 Å². The third-order valence-corrected chi connectivity index (χ3v) is 5.53. The Morgan fingerprint density at radius 1 is 1.13 bits per heavy atom. The van der Waals surface area contributed by atoms with E-state index in [9.17, 15) is 9.90 Å². The lowest BCUT2D eigenvalue weighted by molar-refractivity contribution is -0.0852. The first-order valence-corrected chi connectivity index (χ1v) is 10.3. The van der Waals surface area contributed by atoms with E-state index in [4.69, 9.17) is 9.57 Å². The minimum absolute atomic E-state index is 0.337. The van der Waals surface area contributed by atoms with Gasteiger partial charge >= 0.3 is 6.09 Å². The number of aryl methyl sites for hydroxylation is 1. The highest BCUT2D eigenvalue weighted by atomic mass is 16.7. The number of ether oxygens (including phenoxy) is 1. The second-order valence-corrected chi connectivity index (χ2v) is 7.92. The van der Waals surface area contributed by atoms with Gasteiger partial charge in [0.1, 0.15) is 6.04 Å². The predicted molar refractivity (Wildman–Crippen MR) is 114 cm³/mol. The van der Waals surface area contributed by atoms with Crippen LogP contribution in [-0.4, -0.2) is 34.2 Å². The van der Waals surface area contributed by atoms with E-state index >= 15 is 0 Å². The number of rotatable bonds is 5. The molecule has 0 spiro atoms. The summed E-state index contributed by atoms with van der Waals surface area (Å²) in [6.07, 6.45) is 2.75. The van der Waals surface area contributed by atoms with Crippen molar-refractivity contribution in [3.63, 3.8) is 0 Å². The molecule has 0 radical (unpaired) electrons. The van der Waals surface area contributed by atoms with Crippen molar-refractivity contribution in [3.05, 3.63) is 83.6 Å². The third kappa shape index (κ3) is 4.17. The monoisotopic (exact) mass is 406 g/mol. The van der Waals surface area contributed by atoms with Gasteiger partial charge in [-0.1, -0.05) is 73.6 Å². The fourth-order valence-corrected chi connectivity index (χ4v) is 3.88. The number of hydrogen-bond donors (Lipinski definition) is 1. The summed E-state index contributed by atoms with van der Waals surface area (Å²) in [5, 5.41) is 13.9. The van der Waals surface area contributed by atoms with Gasteiger partial charge in [0.15, 0.2) is 12.2 Å². The Morgan fingerprint density at radius 2 is 1.93 bits per heavy atom. The van der Waals surface area contributed by atoms with Crippen molar-refractivity contribution >= 4 is 12.0 Å². The van der Waals surface area contributed by atoms with Crippen molar-refractivity contribution in [2.24, 2.45) is 5.16 Å². The molecule has 6 nitrogen and oxygen atoms in total. The Morgan fingerprint density at radius 3 is 2.67 bits per heavy atom. The highest BCUT2D eigenvalue weighted by Crippen LogP contribution is 2.36. The van der Waals surface area contributed by atoms with E-state index in [1.165, 1.54) is 10.5 Å². The molecule has 0 bridgehead atoms. The van der Waals surface area contributed by atoms with Gasteiger partial charge in [0.2, 0.25) is 5.90 Å². The maximum absolute atomic E-state index is 11.9. The van der Waals surface area contributed by atoms with E-state index < -0.39 is 24.3 Å². The zero-order valence-corrected chi connectivity index (χ0v) is 17.1. The fourth-order valence-electron chi connectivity index (χ4n) is 3.88. The summed E-state index contributed by atoms with van der Waals surface area (Å²) in [5.41, 5.74) is 3.22. The largest absolute Gasteiger partial charge is 0.467 e. The molecule has 6 heteroatoms. The third-order valence-electron chi connectivity index (χ3n) is 5.53. The number of benzene rings is 2. The van der Waals surface area contributed by atoms with Crippen LogP contribution in [-0.2, 0) is 16.0 Å². The van der Waals surface area contributed by atoms with Crippen molar-refractivity contribution < 1.29 is 19.5 Å². The molecule has 2 aromatic carbocycles. The summed E-state index contributed by atoms with van der Waals surface area (Å²) < 4.78 is 6.09. The predicted octanol–water partition coefficient (Wildman–Crippen LogP) is 5.09. The van der Waals surface area contributed by atoms with Crippen molar-refractivity contribution in [3.8, 4) is 0 Å². The molecule has 0 aliphatic carbocycles. The van der Waals surface area contributed by atoms with Crippen LogP contribution in [0.5, 0.6) is 0 Å². The average molecular weight is 406 g/mol. The van der Waals surface area contributed by atoms with Crippen molar-refractivity contribution in [2.45, 2.75) is 50.9 Å². The molecular weight excluding hydrogens is 380 g/mol. The average Bonchev–Trinajstić information content (AvgIpc) is 2.77. The van der Waals surface area contributed by atoms with Crippen LogP contribution in [0.4, 0.5) is 4.79 Å². The van der Waals surface area contributed by atoms with E-state index in [-0.39, 0.29) is 0 Å². The molecule has 156 valence electrons. The molecule has 0 aromatic heterocycles. The van der Waals surface area contributed by atoms with E-state index in [1.807, 2.05) is 42.5 Å². The summed E-state index contributed by atoms with van der Waals surface area (Å²) in [7, 11) is 0. The number of fused-ring (bicyclic) bond motifs is 1. The number of carboxylic acid groups (broad SMARTS) is 1. The maximum Gasteiger partial charge on any atom is 0.412 e. The first-order valence-electron chi connectivity index (χ1n) is 10.3. The maximum atomic E-state index is 11.9. The molecule has 1 unspecified atom stereocenters. The van der Waals surface area contributed by atoms with Crippen molar-refractivity contribution in [1.29, 1.82) is 0 Å². The van der Waals surface area contributed by atoms with E-state index in [2.05, 4.69) is 31.1 Å². The molecule has 3 atom stereocenters. The van der Waals surface area contributed by atoms with E-state index in [1.54, 1.807) is 12.3 Å². The van der Waals surface area contributed by atoms with Gasteiger partial charge in [0, 0.05) is 12.6 Å². The molecule has 0 saturated carbocycles. The SMILES string of the molecule is CC(C)c1cccc([C@H]2[C@@H]3ON=C(CCc4ccccc4)OC3C=CN2C(=O)O)c1. The Bertz CT molecular complexity index is 955. The van der Waals surface area contributed by atoms with Crippen LogP contribution in [0.15, 0.2) is 72.0 Å². The van der Waals surface area contributed by atoms with Gasteiger partial charge in [-0.25, -0.2) is 4.79 Å². The topological polar surface area (TPSA) is 71.4 Å². The summed E-state index contributed by atoms with van der Waals surface area (Å²) in [6.45, 7) is 4.22. The molecule has 2 aliphatic rings. The van der Waals surface area contributed by atoms with Gasteiger partial charge in [0.25, 0.3) is 0 Å². The van der Waals surface area contributed by atoms with Crippen LogP contribution < -0.4 is 0 Å². The van der Waals surface area contributed by atoms with Crippen molar-refractivity contribution in [2.75, 3.05) is 0 Å². The number of amides is 1. The normalized spacial score (nSPS) is 22.7.